The fraction of sp³-hybridized carbons (Fsp3) is 0.545. The zero-order valence-corrected chi connectivity index (χ0v) is 13.5. The molecule has 11 heteroatoms. The van der Waals surface area contributed by atoms with Crippen LogP contribution in [0.15, 0.2) is 0 Å². The molecule has 1 fully saturated rings. The molecule has 2 rings (SSSR count). The molecule has 2 heterocycles. The molecule has 0 unspecified atom stereocenters. The van der Waals surface area contributed by atoms with Crippen LogP contribution in [0.4, 0.5) is 5.82 Å². The Morgan fingerprint density at radius 3 is 2.77 bits per heavy atom. The summed E-state index contributed by atoms with van der Waals surface area (Å²) >= 11 is 11.5. The summed E-state index contributed by atoms with van der Waals surface area (Å²) in [5.74, 6) is -1.55. The predicted octanol–water partition coefficient (Wildman–Crippen LogP) is -1.40. The first-order valence-electron chi connectivity index (χ1n) is 6.04. The average molecular weight is 346 g/mol. The molecule has 0 radical (unpaired) electrons. The maximum Gasteiger partial charge on any atom is 1.00 e. The first kappa shape index (κ1) is 19.5. The van der Waals surface area contributed by atoms with Crippen molar-refractivity contribution in [3.8, 4) is 0 Å². The van der Waals surface area contributed by atoms with Crippen molar-refractivity contribution < 1.29 is 44.9 Å². The summed E-state index contributed by atoms with van der Waals surface area (Å²) in [5, 5.41) is 19.1. The van der Waals surface area contributed by atoms with Gasteiger partial charge in [-0.25, -0.2) is 14.8 Å². The van der Waals surface area contributed by atoms with E-state index in [9.17, 15) is 10.0 Å². The summed E-state index contributed by atoms with van der Waals surface area (Å²) in [6.07, 6.45) is 0.111. The summed E-state index contributed by atoms with van der Waals surface area (Å²) in [4.78, 5) is 18.3. The van der Waals surface area contributed by atoms with Gasteiger partial charge in [-0.1, -0.05) is 11.6 Å². The Bertz CT molecular complexity index is 553. The number of anilines is 1. The molecule has 0 bridgehead atoms. The number of carbonyl (C=O) groups is 1. The van der Waals surface area contributed by atoms with Gasteiger partial charge in [0.2, 0.25) is 5.28 Å². The predicted molar refractivity (Wildman–Crippen MR) is 74.4 cm³/mol. The molecule has 0 aliphatic carbocycles. The Morgan fingerprint density at radius 2 is 2.23 bits per heavy atom. The molecule has 22 heavy (non-hydrogen) atoms. The largest absolute Gasteiger partial charge is 1.00 e. The molecule has 0 saturated carbocycles. The number of nitrogens with zero attached hydrogens (tertiary/aromatic N) is 3. The van der Waals surface area contributed by atoms with E-state index in [1.165, 1.54) is 0 Å². The van der Waals surface area contributed by atoms with Crippen LogP contribution in [0, 0.1) is 0 Å². The van der Waals surface area contributed by atoms with Crippen LogP contribution in [0.1, 0.15) is 18.8 Å². The van der Waals surface area contributed by atoms with Gasteiger partial charge in [0.05, 0.1) is 25.9 Å². The van der Waals surface area contributed by atoms with Crippen LogP contribution in [0.3, 0.4) is 0 Å². The van der Waals surface area contributed by atoms with Crippen molar-refractivity contribution in [1.82, 2.24) is 9.97 Å². The Hall–Kier alpha value is -0.593. The number of aromatic carboxylic acids is 1. The monoisotopic (exact) mass is 345 g/mol. The second-order valence-electron chi connectivity index (χ2n) is 4.47. The standard InChI is InChI=1S/C11H13Cl2N3O5.Li.H/c1-5(2-20-3-6-4-21-6)16(19)9-7(12)8(10(17)18)14-11(13)15-9;;/h5-6,19H,2-4H2,1H3,(H,17,18);;/q;+1;-1/t5-,6-;;/m1../s1. The molecule has 1 aromatic heterocycles. The number of carboxylic acids is 1. The van der Waals surface area contributed by atoms with E-state index in [2.05, 4.69) is 9.97 Å². The van der Waals surface area contributed by atoms with Crippen LogP contribution in [0.25, 0.3) is 0 Å². The van der Waals surface area contributed by atoms with Crippen molar-refractivity contribution in [3.05, 3.63) is 16.0 Å². The Labute approximate surface area is 149 Å². The fourth-order valence-electron chi connectivity index (χ4n) is 1.52. The van der Waals surface area contributed by atoms with Crippen LogP contribution in [0.2, 0.25) is 10.3 Å². The number of halogens is 2. The molecular formula is C11H14Cl2LiN3O5. The van der Waals surface area contributed by atoms with E-state index >= 15 is 0 Å². The molecule has 118 valence electrons. The van der Waals surface area contributed by atoms with Gasteiger partial charge >= 0.3 is 24.8 Å². The minimum Gasteiger partial charge on any atom is -1.00 e. The molecule has 1 aliphatic rings. The van der Waals surface area contributed by atoms with E-state index in [1.54, 1.807) is 6.92 Å². The number of hydroxylamine groups is 1. The second kappa shape index (κ2) is 8.31. The van der Waals surface area contributed by atoms with Crippen molar-refractivity contribution in [2.24, 2.45) is 0 Å². The number of aromatic nitrogens is 2. The van der Waals surface area contributed by atoms with Gasteiger partial charge in [-0.2, -0.15) is 4.98 Å². The number of rotatable bonds is 7. The first-order valence-corrected chi connectivity index (χ1v) is 6.79. The molecule has 1 aliphatic heterocycles. The zero-order valence-electron chi connectivity index (χ0n) is 13.0. The van der Waals surface area contributed by atoms with E-state index < -0.39 is 17.7 Å². The van der Waals surface area contributed by atoms with E-state index in [0.717, 1.165) is 0 Å². The first-order chi connectivity index (χ1) is 9.90. The van der Waals surface area contributed by atoms with Gasteiger partial charge in [0.1, 0.15) is 11.1 Å². The van der Waals surface area contributed by atoms with Crippen LogP contribution >= 0.6 is 23.2 Å². The van der Waals surface area contributed by atoms with E-state index in [0.29, 0.717) is 18.3 Å². The number of ether oxygens (including phenoxy) is 2. The molecular weight excluding hydrogens is 332 g/mol. The smallest absolute Gasteiger partial charge is 1.00 e. The molecule has 2 atom stereocenters. The maximum absolute atomic E-state index is 11.0. The summed E-state index contributed by atoms with van der Waals surface area (Å²) < 4.78 is 10.3. The van der Waals surface area contributed by atoms with Crippen LogP contribution < -0.4 is 23.9 Å². The quantitative estimate of drug-likeness (QED) is 0.269. The molecule has 0 amide bonds. The third kappa shape index (κ3) is 4.96. The molecule has 0 spiro atoms. The van der Waals surface area contributed by atoms with E-state index in [1.807, 2.05) is 0 Å². The molecule has 2 N–H and O–H groups in total. The molecule has 0 aromatic carbocycles. The van der Waals surface area contributed by atoms with Crippen molar-refractivity contribution in [2.45, 2.75) is 19.1 Å². The minimum absolute atomic E-state index is 0. The van der Waals surface area contributed by atoms with E-state index in [4.69, 9.17) is 37.8 Å². The third-order valence-electron chi connectivity index (χ3n) is 2.71. The number of epoxide rings is 1. The van der Waals surface area contributed by atoms with Crippen LogP contribution in [-0.2, 0) is 9.47 Å². The normalized spacial score (nSPS) is 17.5. The van der Waals surface area contributed by atoms with Crippen molar-refractivity contribution in [2.75, 3.05) is 24.9 Å². The summed E-state index contributed by atoms with van der Waals surface area (Å²) in [6.45, 7) is 2.93. The molecule has 1 aromatic rings. The Kier molecular flexibility index (Phi) is 7.35. The topological polar surface area (TPSA) is 108 Å². The summed E-state index contributed by atoms with van der Waals surface area (Å²) in [5.41, 5.74) is -0.481. The van der Waals surface area contributed by atoms with Gasteiger partial charge in [0.15, 0.2) is 11.5 Å². The fourth-order valence-corrected chi connectivity index (χ4v) is 1.93. The zero-order chi connectivity index (χ0) is 15.6. The van der Waals surface area contributed by atoms with Gasteiger partial charge in [0, 0.05) is 0 Å². The van der Waals surface area contributed by atoms with Crippen LogP contribution in [-0.4, -0.2) is 58.2 Å². The van der Waals surface area contributed by atoms with Crippen LogP contribution in [0.5, 0.6) is 0 Å². The Balaban J connectivity index is 0.00000242. The number of hydrogen-bond acceptors (Lipinski definition) is 7. The maximum atomic E-state index is 11.0. The Morgan fingerprint density at radius 1 is 1.59 bits per heavy atom. The van der Waals surface area contributed by atoms with Gasteiger partial charge in [-0.05, 0) is 18.5 Å². The van der Waals surface area contributed by atoms with Gasteiger partial charge in [-0.15, -0.1) is 0 Å². The summed E-state index contributed by atoms with van der Waals surface area (Å²) in [7, 11) is 0. The van der Waals surface area contributed by atoms with Gasteiger partial charge in [0.25, 0.3) is 0 Å². The minimum atomic E-state index is -1.37. The van der Waals surface area contributed by atoms with Crippen molar-refractivity contribution in [1.29, 1.82) is 0 Å². The third-order valence-corrected chi connectivity index (χ3v) is 3.23. The molecule has 1 saturated heterocycles. The second-order valence-corrected chi connectivity index (χ2v) is 5.19. The van der Waals surface area contributed by atoms with Crippen molar-refractivity contribution in [3.63, 3.8) is 0 Å². The molecule has 8 nitrogen and oxygen atoms in total. The number of carboxylic acid groups (broad SMARTS) is 1. The summed E-state index contributed by atoms with van der Waals surface area (Å²) in [6, 6.07) is -0.520. The van der Waals surface area contributed by atoms with Gasteiger partial charge < -0.3 is 16.0 Å². The van der Waals surface area contributed by atoms with E-state index in [-0.39, 0.29) is 49.1 Å². The van der Waals surface area contributed by atoms with Gasteiger partial charge in [-0.3, -0.25) is 5.21 Å². The SMILES string of the molecule is C[C@H](COC[C@@H]1CO1)N(O)c1nc(Cl)nc(C(=O)O)c1Cl.[H-].[Li+]. The average Bonchev–Trinajstić information content (AvgIpc) is 3.23. The number of hydrogen-bond donors (Lipinski definition) is 2. The van der Waals surface area contributed by atoms with Crippen molar-refractivity contribution >= 4 is 35.0 Å².